The summed E-state index contributed by atoms with van der Waals surface area (Å²) in [6, 6.07) is 4.83. The Balaban J connectivity index is 2.27. The molecule has 0 spiro atoms. The van der Waals surface area contributed by atoms with Crippen LogP contribution in [0.15, 0.2) is 18.7 Å². The molecule has 1 aliphatic heterocycles. The molecule has 1 aliphatic rings. The Hall–Kier alpha value is -1.28. The first kappa shape index (κ1) is 12.2. The average Bonchev–Trinajstić information content (AvgIpc) is 2.27. The maximum absolute atomic E-state index is 5.81. The molecule has 0 amide bonds. The molecule has 0 aliphatic carbocycles. The van der Waals surface area contributed by atoms with Crippen molar-refractivity contribution >= 4 is 5.70 Å². The minimum Gasteiger partial charge on any atom is -0.368 e. The Labute approximate surface area is 104 Å². The summed E-state index contributed by atoms with van der Waals surface area (Å²) in [6.07, 6.45) is 1.08. The zero-order valence-corrected chi connectivity index (χ0v) is 11.1. The Bertz CT molecular complexity index is 442. The number of aryl methyl sites for hydroxylation is 2. The lowest BCUT2D eigenvalue weighted by Crippen LogP contribution is -2.54. The predicted octanol–water partition coefficient (Wildman–Crippen LogP) is 2.48. The van der Waals surface area contributed by atoms with E-state index in [2.05, 4.69) is 44.4 Å². The van der Waals surface area contributed by atoms with E-state index in [1.807, 2.05) is 0 Å². The van der Waals surface area contributed by atoms with Crippen molar-refractivity contribution in [2.24, 2.45) is 5.73 Å². The molecule has 1 aromatic rings. The highest BCUT2D eigenvalue weighted by Crippen LogP contribution is 2.26. The van der Waals surface area contributed by atoms with Crippen molar-refractivity contribution in [3.63, 3.8) is 0 Å². The monoisotopic (exact) mass is 230 g/mol. The SMILES string of the molecule is C=C(c1cc(C)c(C)c(CC)c1)N1CC(N)C1. The number of hydrogen-bond acceptors (Lipinski definition) is 2. The molecular weight excluding hydrogens is 208 g/mol. The van der Waals surface area contributed by atoms with Crippen LogP contribution in [0.2, 0.25) is 0 Å². The Morgan fingerprint density at radius 2 is 2.06 bits per heavy atom. The minimum absolute atomic E-state index is 0.323. The van der Waals surface area contributed by atoms with E-state index in [0.717, 1.165) is 25.2 Å². The van der Waals surface area contributed by atoms with Gasteiger partial charge in [0.15, 0.2) is 0 Å². The highest BCUT2D eigenvalue weighted by atomic mass is 15.2. The zero-order chi connectivity index (χ0) is 12.6. The van der Waals surface area contributed by atoms with Gasteiger partial charge in [0.25, 0.3) is 0 Å². The summed E-state index contributed by atoms with van der Waals surface area (Å²) >= 11 is 0. The lowest BCUT2D eigenvalue weighted by Gasteiger charge is -2.40. The van der Waals surface area contributed by atoms with E-state index in [4.69, 9.17) is 5.73 Å². The molecule has 0 unspecified atom stereocenters. The molecular formula is C15H22N2. The minimum atomic E-state index is 0.323. The van der Waals surface area contributed by atoms with Gasteiger partial charge in [-0.2, -0.15) is 0 Å². The molecule has 0 radical (unpaired) electrons. The van der Waals surface area contributed by atoms with Crippen molar-refractivity contribution in [3.8, 4) is 0 Å². The first-order valence-corrected chi connectivity index (χ1v) is 6.32. The van der Waals surface area contributed by atoms with E-state index in [9.17, 15) is 0 Å². The summed E-state index contributed by atoms with van der Waals surface area (Å²) in [4.78, 5) is 2.26. The smallest absolute Gasteiger partial charge is 0.0395 e. The van der Waals surface area contributed by atoms with Gasteiger partial charge in [-0.15, -0.1) is 0 Å². The normalized spacial score (nSPS) is 15.9. The van der Waals surface area contributed by atoms with Gasteiger partial charge < -0.3 is 10.6 Å². The van der Waals surface area contributed by atoms with Crippen molar-refractivity contribution in [1.82, 2.24) is 4.90 Å². The van der Waals surface area contributed by atoms with E-state index in [-0.39, 0.29) is 0 Å². The maximum Gasteiger partial charge on any atom is 0.0395 e. The molecule has 2 nitrogen and oxygen atoms in total. The van der Waals surface area contributed by atoms with Gasteiger partial charge in [0.05, 0.1) is 0 Å². The molecule has 92 valence electrons. The second-order valence-electron chi connectivity index (χ2n) is 5.04. The number of hydrogen-bond donors (Lipinski definition) is 1. The van der Waals surface area contributed by atoms with E-state index < -0.39 is 0 Å². The molecule has 1 aromatic carbocycles. The molecule has 1 fully saturated rings. The van der Waals surface area contributed by atoms with Gasteiger partial charge in [0, 0.05) is 24.8 Å². The van der Waals surface area contributed by atoms with Gasteiger partial charge in [-0.05, 0) is 54.7 Å². The van der Waals surface area contributed by atoms with Crippen LogP contribution in [0.1, 0.15) is 29.2 Å². The quantitative estimate of drug-likeness (QED) is 0.864. The lowest BCUT2D eigenvalue weighted by molar-refractivity contribution is 0.239. The Morgan fingerprint density at radius 3 is 2.59 bits per heavy atom. The number of likely N-dealkylation sites (tertiary alicyclic amines) is 1. The van der Waals surface area contributed by atoms with Gasteiger partial charge in [0.2, 0.25) is 0 Å². The number of nitrogens with zero attached hydrogens (tertiary/aromatic N) is 1. The second kappa shape index (κ2) is 4.53. The van der Waals surface area contributed by atoms with E-state index >= 15 is 0 Å². The summed E-state index contributed by atoms with van der Waals surface area (Å²) < 4.78 is 0. The van der Waals surface area contributed by atoms with Gasteiger partial charge in [-0.25, -0.2) is 0 Å². The molecule has 0 bridgehead atoms. The lowest BCUT2D eigenvalue weighted by atomic mass is 9.95. The molecule has 2 heteroatoms. The van der Waals surface area contributed by atoms with Crippen LogP contribution in [0.4, 0.5) is 0 Å². The molecule has 0 atom stereocenters. The van der Waals surface area contributed by atoms with Crippen molar-refractivity contribution in [2.45, 2.75) is 33.2 Å². The molecule has 17 heavy (non-hydrogen) atoms. The molecule has 0 saturated carbocycles. The third-order valence-corrected chi connectivity index (χ3v) is 3.78. The standard InChI is InChI=1S/C15H22N2/c1-5-13-7-14(6-10(2)11(13)3)12(4)17-8-15(16)9-17/h6-7,15H,4-5,8-9,16H2,1-3H3. The highest BCUT2D eigenvalue weighted by molar-refractivity contribution is 5.65. The topological polar surface area (TPSA) is 29.3 Å². The molecule has 1 heterocycles. The first-order valence-electron chi connectivity index (χ1n) is 6.32. The van der Waals surface area contributed by atoms with Crippen LogP contribution >= 0.6 is 0 Å². The van der Waals surface area contributed by atoms with Crippen LogP contribution in [0, 0.1) is 13.8 Å². The van der Waals surface area contributed by atoms with Gasteiger partial charge in [-0.1, -0.05) is 13.5 Å². The van der Waals surface area contributed by atoms with Crippen LogP contribution in [0.25, 0.3) is 5.70 Å². The van der Waals surface area contributed by atoms with Crippen molar-refractivity contribution in [2.75, 3.05) is 13.1 Å². The fourth-order valence-electron chi connectivity index (χ4n) is 2.38. The fraction of sp³-hybridized carbons (Fsp3) is 0.467. The fourth-order valence-corrected chi connectivity index (χ4v) is 2.38. The summed E-state index contributed by atoms with van der Waals surface area (Å²) in [5.74, 6) is 0. The molecule has 1 saturated heterocycles. The Morgan fingerprint density at radius 1 is 1.41 bits per heavy atom. The summed E-state index contributed by atoms with van der Waals surface area (Å²) in [5.41, 5.74) is 12.4. The molecule has 2 N–H and O–H groups in total. The Kier molecular flexibility index (Phi) is 3.25. The number of nitrogens with two attached hydrogens (primary N) is 1. The van der Waals surface area contributed by atoms with Gasteiger partial charge in [0.1, 0.15) is 0 Å². The highest BCUT2D eigenvalue weighted by Gasteiger charge is 2.24. The van der Waals surface area contributed by atoms with E-state index in [0.29, 0.717) is 6.04 Å². The number of rotatable bonds is 3. The summed E-state index contributed by atoms with van der Waals surface area (Å²) in [5, 5.41) is 0. The van der Waals surface area contributed by atoms with Crippen molar-refractivity contribution in [1.29, 1.82) is 0 Å². The zero-order valence-electron chi connectivity index (χ0n) is 11.1. The summed E-state index contributed by atoms with van der Waals surface area (Å²) in [7, 11) is 0. The first-order chi connectivity index (χ1) is 8.02. The third-order valence-electron chi connectivity index (χ3n) is 3.78. The predicted molar refractivity (Wildman–Crippen MR) is 73.9 cm³/mol. The van der Waals surface area contributed by atoms with E-state index in [1.165, 1.54) is 22.3 Å². The van der Waals surface area contributed by atoms with Crippen LogP contribution in [0.5, 0.6) is 0 Å². The van der Waals surface area contributed by atoms with Crippen molar-refractivity contribution < 1.29 is 0 Å². The summed E-state index contributed by atoms with van der Waals surface area (Å²) in [6.45, 7) is 12.6. The second-order valence-corrected chi connectivity index (χ2v) is 5.04. The van der Waals surface area contributed by atoms with Crippen molar-refractivity contribution in [3.05, 3.63) is 41.0 Å². The molecule has 0 aromatic heterocycles. The average molecular weight is 230 g/mol. The van der Waals surface area contributed by atoms with Gasteiger partial charge >= 0.3 is 0 Å². The van der Waals surface area contributed by atoms with E-state index in [1.54, 1.807) is 0 Å². The van der Waals surface area contributed by atoms with Crippen LogP contribution in [-0.2, 0) is 6.42 Å². The van der Waals surface area contributed by atoms with Gasteiger partial charge in [-0.3, -0.25) is 0 Å². The largest absolute Gasteiger partial charge is 0.368 e. The molecule has 2 rings (SSSR count). The van der Waals surface area contributed by atoms with Crippen LogP contribution < -0.4 is 5.73 Å². The number of benzene rings is 1. The third kappa shape index (κ3) is 2.22. The maximum atomic E-state index is 5.81. The van der Waals surface area contributed by atoms with Crippen LogP contribution in [-0.4, -0.2) is 24.0 Å². The van der Waals surface area contributed by atoms with Crippen LogP contribution in [0.3, 0.4) is 0 Å².